The molecule has 0 radical (unpaired) electrons. The third kappa shape index (κ3) is 7.79. The van der Waals surface area contributed by atoms with Gasteiger partial charge in [-0.1, -0.05) is 0 Å². The largest absolute Gasteiger partial charge is 0.464 e. The first kappa shape index (κ1) is 19.6. The molecule has 21 heavy (non-hydrogen) atoms. The van der Waals surface area contributed by atoms with E-state index in [-0.39, 0.29) is 17.4 Å². The Hall–Kier alpha value is -1.44. The molecule has 0 atom stereocenters. The molecule has 0 fully saturated rings. The molecule has 1 aromatic rings. The summed E-state index contributed by atoms with van der Waals surface area (Å²) in [6, 6.07) is 0.962. The predicted molar refractivity (Wildman–Crippen MR) is 76.5 cm³/mol. The van der Waals surface area contributed by atoms with Crippen molar-refractivity contribution in [2.24, 2.45) is 0 Å². The Bertz CT molecular complexity index is 528. The highest BCUT2D eigenvalue weighted by atomic mass is 35.5. The molecule has 1 N–H and O–H groups in total. The van der Waals surface area contributed by atoms with Crippen LogP contribution in [0.25, 0.3) is 0 Å². The molecule has 10 heteroatoms. The van der Waals surface area contributed by atoms with E-state index >= 15 is 0 Å². The van der Waals surface area contributed by atoms with Gasteiger partial charge in [0.25, 0.3) is 0 Å². The average molecular weight is 360 g/mol. The quantitative estimate of drug-likeness (QED) is 0.506. The average Bonchev–Trinajstić information content (AvgIpc) is 2.47. The van der Waals surface area contributed by atoms with Crippen molar-refractivity contribution in [3.05, 3.63) is 23.8 Å². The fourth-order valence-electron chi connectivity index (χ4n) is 0.948. The van der Waals surface area contributed by atoms with Gasteiger partial charge in [-0.2, -0.15) is 0 Å². The van der Waals surface area contributed by atoms with Gasteiger partial charge in [0.1, 0.15) is 5.88 Å². The first-order chi connectivity index (χ1) is 9.85. The minimum Gasteiger partial charge on any atom is -0.464 e. The Morgan fingerprint density at radius 1 is 1.33 bits per heavy atom. The number of pyridine rings is 1. The van der Waals surface area contributed by atoms with E-state index in [0.29, 0.717) is 0 Å². The van der Waals surface area contributed by atoms with Crippen molar-refractivity contribution in [3.8, 4) is 0 Å². The molecule has 0 bridgehead atoms. The Kier molecular flexibility index (Phi) is 9.60. The molecule has 6 nitrogen and oxygen atoms in total. The van der Waals surface area contributed by atoms with Crippen LogP contribution in [-0.4, -0.2) is 41.0 Å². The number of carbonyl (C=O) groups is 3. The van der Waals surface area contributed by atoms with E-state index in [0.717, 1.165) is 19.4 Å². The lowest BCUT2D eigenvalue weighted by atomic mass is 10.3. The van der Waals surface area contributed by atoms with Crippen molar-refractivity contribution in [2.75, 3.05) is 24.2 Å². The van der Waals surface area contributed by atoms with Gasteiger partial charge in [-0.15, -0.1) is 23.2 Å². The molecule has 0 aliphatic rings. The molecule has 1 heterocycles. The minimum atomic E-state index is -0.882. The summed E-state index contributed by atoms with van der Waals surface area (Å²) in [5.74, 6) is -2.59. The van der Waals surface area contributed by atoms with Gasteiger partial charge in [0.05, 0.1) is 24.9 Å². The van der Waals surface area contributed by atoms with E-state index in [1.54, 1.807) is 0 Å². The molecular formula is C11H10Cl3FN2O4. The lowest BCUT2D eigenvalue weighted by Crippen LogP contribution is -2.14. The predicted octanol–water partition coefficient (Wildman–Crippen LogP) is 2.18. The van der Waals surface area contributed by atoms with E-state index < -0.39 is 28.6 Å². The van der Waals surface area contributed by atoms with Crippen LogP contribution in [0.1, 0.15) is 10.5 Å². The summed E-state index contributed by atoms with van der Waals surface area (Å²) in [5.41, 5.74) is -0.317. The Morgan fingerprint density at radius 3 is 2.29 bits per heavy atom. The van der Waals surface area contributed by atoms with Crippen LogP contribution in [0.5, 0.6) is 0 Å². The zero-order chi connectivity index (χ0) is 16.4. The van der Waals surface area contributed by atoms with Gasteiger partial charge < -0.3 is 10.1 Å². The Balaban J connectivity index is 0.000000690. The maximum atomic E-state index is 13.3. The normalized spacial score (nSPS) is 9.19. The number of hydrogen-bond acceptors (Lipinski definition) is 5. The van der Waals surface area contributed by atoms with E-state index in [9.17, 15) is 18.8 Å². The smallest absolute Gasteiger partial charge is 0.359 e. The van der Waals surface area contributed by atoms with Crippen LogP contribution in [0, 0.1) is 5.82 Å². The molecule has 0 aliphatic heterocycles. The molecule has 1 aromatic heterocycles. The topological polar surface area (TPSA) is 85.4 Å². The van der Waals surface area contributed by atoms with Gasteiger partial charge in [0.2, 0.25) is 11.1 Å². The number of halogens is 4. The van der Waals surface area contributed by atoms with Crippen LogP contribution in [0.4, 0.5) is 10.1 Å². The standard InChI is InChI=1S/C9H8ClFN2O3.C2H2Cl2O/c1-16-9(15)8-6(11)2-5(4-12-8)13-7(14)3-10;3-1-2(4)5/h2,4H,3H2,1H3,(H,13,14);1H2. The second-order valence-corrected chi connectivity index (χ2v) is 4.17. The van der Waals surface area contributed by atoms with Crippen LogP contribution in [0.15, 0.2) is 12.3 Å². The number of amides is 1. The minimum absolute atomic E-state index is 0.0957. The summed E-state index contributed by atoms with van der Waals surface area (Å²) >= 11 is 14.8. The number of alkyl halides is 2. The second-order valence-electron chi connectivity index (χ2n) is 3.22. The van der Waals surface area contributed by atoms with Crippen molar-refractivity contribution in [1.29, 1.82) is 0 Å². The molecule has 0 aliphatic carbocycles. The van der Waals surface area contributed by atoms with Crippen molar-refractivity contribution < 1.29 is 23.5 Å². The summed E-state index contributed by atoms with van der Waals surface area (Å²) in [7, 11) is 1.12. The summed E-state index contributed by atoms with van der Waals surface area (Å²) in [5, 5.41) is 1.78. The molecule has 116 valence electrons. The van der Waals surface area contributed by atoms with Crippen molar-refractivity contribution in [3.63, 3.8) is 0 Å². The van der Waals surface area contributed by atoms with E-state index in [4.69, 9.17) is 34.8 Å². The number of anilines is 1. The maximum Gasteiger partial charge on any atom is 0.359 e. The molecule has 1 rings (SSSR count). The maximum absolute atomic E-state index is 13.3. The van der Waals surface area contributed by atoms with Crippen molar-refractivity contribution in [2.45, 2.75) is 0 Å². The first-order valence-electron chi connectivity index (χ1n) is 5.19. The fourth-order valence-corrected chi connectivity index (χ4v) is 1.01. The van der Waals surface area contributed by atoms with Crippen LogP contribution in [-0.2, 0) is 14.3 Å². The Morgan fingerprint density at radius 2 is 1.90 bits per heavy atom. The van der Waals surface area contributed by atoms with Gasteiger partial charge in [-0.25, -0.2) is 14.2 Å². The summed E-state index contributed by atoms with van der Waals surface area (Å²) in [6.45, 7) is 0. The van der Waals surface area contributed by atoms with Crippen LogP contribution in [0.3, 0.4) is 0 Å². The lowest BCUT2D eigenvalue weighted by molar-refractivity contribution is -0.114. The highest BCUT2D eigenvalue weighted by Gasteiger charge is 2.14. The zero-order valence-electron chi connectivity index (χ0n) is 10.7. The third-order valence-electron chi connectivity index (χ3n) is 1.73. The monoisotopic (exact) mass is 358 g/mol. The van der Waals surface area contributed by atoms with Gasteiger partial charge in [-0.05, 0) is 11.6 Å². The van der Waals surface area contributed by atoms with E-state index in [1.807, 2.05) is 0 Å². The van der Waals surface area contributed by atoms with Crippen molar-refractivity contribution in [1.82, 2.24) is 4.98 Å². The number of carbonyl (C=O) groups excluding carboxylic acids is 3. The van der Waals surface area contributed by atoms with Gasteiger partial charge >= 0.3 is 5.97 Å². The number of hydrogen-bond donors (Lipinski definition) is 1. The summed E-state index contributed by atoms with van der Waals surface area (Å²) in [6.07, 6.45) is 1.14. The second kappa shape index (κ2) is 10.3. The molecular weight excluding hydrogens is 349 g/mol. The molecule has 0 saturated carbocycles. The lowest BCUT2D eigenvalue weighted by Gasteiger charge is -2.04. The fraction of sp³-hybridized carbons (Fsp3) is 0.273. The highest BCUT2D eigenvalue weighted by molar-refractivity contribution is 6.67. The van der Waals surface area contributed by atoms with Crippen LogP contribution >= 0.6 is 34.8 Å². The summed E-state index contributed by atoms with van der Waals surface area (Å²) < 4.78 is 17.6. The van der Waals surface area contributed by atoms with Crippen LogP contribution in [0.2, 0.25) is 0 Å². The highest BCUT2D eigenvalue weighted by Crippen LogP contribution is 2.12. The van der Waals surface area contributed by atoms with Gasteiger partial charge in [-0.3, -0.25) is 9.59 Å². The number of nitrogens with zero attached hydrogens (tertiary/aromatic N) is 1. The first-order valence-corrected chi connectivity index (χ1v) is 6.64. The molecule has 0 spiro atoms. The van der Waals surface area contributed by atoms with E-state index in [1.165, 1.54) is 0 Å². The number of methoxy groups -OCH3 is 1. The molecule has 1 amide bonds. The Labute approximate surface area is 134 Å². The van der Waals surface area contributed by atoms with Crippen molar-refractivity contribution >= 4 is 57.6 Å². The van der Waals surface area contributed by atoms with Gasteiger partial charge in [0.15, 0.2) is 11.5 Å². The SMILES string of the molecule is COC(=O)c1ncc(NC(=O)CCl)cc1F.O=C(Cl)CCl. The van der Waals surface area contributed by atoms with Crippen LogP contribution < -0.4 is 5.32 Å². The molecule has 0 unspecified atom stereocenters. The number of esters is 1. The van der Waals surface area contributed by atoms with E-state index in [2.05, 4.69) is 15.0 Å². The number of ether oxygens (including phenoxy) is 1. The summed E-state index contributed by atoms with van der Waals surface area (Å²) in [4.78, 5) is 34.8. The number of aromatic nitrogens is 1. The number of nitrogens with one attached hydrogen (secondary N) is 1. The zero-order valence-corrected chi connectivity index (χ0v) is 12.9. The third-order valence-corrected chi connectivity index (χ3v) is 2.49. The number of rotatable bonds is 4. The molecule has 0 saturated heterocycles. The van der Waals surface area contributed by atoms with Gasteiger partial charge in [0, 0.05) is 6.07 Å². The molecule has 0 aromatic carbocycles.